The summed E-state index contributed by atoms with van der Waals surface area (Å²) in [4.78, 5) is 11.2. The lowest BCUT2D eigenvalue weighted by atomic mass is 9.56. The third-order valence-corrected chi connectivity index (χ3v) is 7.15. The van der Waals surface area contributed by atoms with E-state index in [9.17, 15) is 4.79 Å². The van der Waals surface area contributed by atoms with Gasteiger partial charge in [-0.1, -0.05) is 39.0 Å². The molecule has 0 aromatic carbocycles. The zero-order chi connectivity index (χ0) is 16.2. The van der Waals surface area contributed by atoms with E-state index in [4.69, 9.17) is 4.74 Å². The molecule has 4 unspecified atom stereocenters. The largest absolute Gasteiger partial charge is 0.463 e. The van der Waals surface area contributed by atoms with Crippen LogP contribution in [0.25, 0.3) is 0 Å². The smallest absolute Gasteiger partial charge is 0.302 e. The lowest BCUT2D eigenvalue weighted by Crippen LogP contribution is -2.43. The van der Waals surface area contributed by atoms with E-state index in [1.807, 2.05) is 0 Å². The summed E-state index contributed by atoms with van der Waals surface area (Å²) in [5.41, 5.74) is 0. The number of ether oxygens (including phenoxy) is 1. The van der Waals surface area contributed by atoms with Gasteiger partial charge in [-0.3, -0.25) is 4.79 Å². The molecule has 0 amide bonds. The number of carbonyl (C=O) groups is 1. The molecule has 3 aliphatic carbocycles. The highest BCUT2D eigenvalue weighted by Crippen LogP contribution is 2.53. The van der Waals surface area contributed by atoms with Crippen LogP contribution in [0.15, 0.2) is 0 Å². The van der Waals surface area contributed by atoms with Gasteiger partial charge in [-0.05, 0) is 74.5 Å². The van der Waals surface area contributed by atoms with Crippen molar-refractivity contribution in [1.82, 2.24) is 0 Å². The van der Waals surface area contributed by atoms with Crippen LogP contribution in [0.2, 0.25) is 0 Å². The molecule has 0 saturated heterocycles. The maximum absolute atomic E-state index is 11.2. The second-order valence-corrected chi connectivity index (χ2v) is 8.64. The van der Waals surface area contributed by atoms with E-state index in [0.717, 1.165) is 42.4 Å². The van der Waals surface area contributed by atoms with E-state index in [2.05, 4.69) is 6.92 Å². The molecule has 3 saturated carbocycles. The summed E-state index contributed by atoms with van der Waals surface area (Å²) in [7, 11) is 0. The highest BCUT2D eigenvalue weighted by Gasteiger charge is 2.44. The first kappa shape index (κ1) is 17.3. The number of hydrogen-bond donors (Lipinski definition) is 0. The average Bonchev–Trinajstić information content (AvgIpc) is 2.54. The highest BCUT2D eigenvalue weighted by atomic mass is 16.5. The van der Waals surface area contributed by atoms with Crippen molar-refractivity contribution in [2.24, 2.45) is 29.6 Å². The second kappa shape index (κ2) is 8.03. The van der Waals surface area contributed by atoms with E-state index in [-0.39, 0.29) is 12.1 Å². The van der Waals surface area contributed by atoms with Crippen molar-refractivity contribution in [3.05, 3.63) is 0 Å². The van der Waals surface area contributed by atoms with Crippen LogP contribution < -0.4 is 0 Å². The van der Waals surface area contributed by atoms with Crippen molar-refractivity contribution in [1.29, 1.82) is 0 Å². The summed E-state index contributed by atoms with van der Waals surface area (Å²) < 4.78 is 5.51. The van der Waals surface area contributed by atoms with Gasteiger partial charge in [-0.25, -0.2) is 0 Å². The van der Waals surface area contributed by atoms with Crippen LogP contribution in [0, 0.1) is 29.6 Å². The summed E-state index contributed by atoms with van der Waals surface area (Å²) in [6.07, 6.45) is 16.8. The predicted molar refractivity (Wildman–Crippen MR) is 94.1 cm³/mol. The molecule has 0 N–H and O–H groups in total. The van der Waals surface area contributed by atoms with Gasteiger partial charge < -0.3 is 4.74 Å². The maximum atomic E-state index is 11.2. The van der Waals surface area contributed by atoms with Crippen LogP contribution in [0.1, 0.15) is 90.9 Å². The van der Waals surface area contributed by atoms with Gasteiger partial charge in [0.25, 0.3) is 0 Å². The van der Waals surface area contributed by atoms with E-state index < -0.39 is 0 Å². The SMILES string of the molecule is CCCCC[C@@H]1CCC2C(CCC3C[C@H](OC(C)=O)CCC32)C1. The molecule has 0 spiro atoms. The van der Waals surface area contributed by atoms with Gasteiger partial charge in [0.15, 0.2) is 0 Å². The van der Waals surface area contributed by atoms with E-state index in [0.29, 0.717) is 0 Å². The minimum absolute atomic E-state index is 0.0882. The Bertz CT molecular complexity index is 391. The quantitative estimate of drug-likeness (QED) is 0.477. The number of unbranched alkanes of at least 4 members (excludes halogenated alkanes) is 2. The van der Waals surface area contributed by atoms with Crippen molar-refractivity contribution in [3.63, 3.8) is 0 Å². The summed E-state index contributed by atoms with van der Waals surface area (Å²) in [6.45, 7) is 3.87. The Morgan fingerprint density at radius 1 is 0.913 bits per heavy atom. The van der Waals surface area contributed by atoms with Gasteiger partial charge in [0, 0.05) is 6.92 Å². The van der Waals surface area contributed by atoms with Crippen LogP contribution in [0.3, 0.4) is 0 Å². The molecule has 2 nitrogen and oxygen atoms in total. The number of fused-ring (bicyclic) bond motifs is 3. The Morgan fingerprint density at radius 2 is 1.61 bits per heavy atom. The van der Waals surface area contributed by atoms with Gasteiger partial charge in [-0.15, -0.1) is 0 Å². The standard InChI is InChI=1S/C21H36O2/c1-3-4-5-6-16-7-11-20-17(13-16)8-9-18-14-19(23-15(2)22)10-12-21(18)20/h16-21H,3-14H2,1-2H3/t16-,17?,18?,19-,20?,21?/m1/s1. The fourth-order valence-electron chi connectivity index (χ4n) is 6.14. The van der Waals surface area contributed by atoms with Gasteiger partial charge in [-0.2, -0.15) is 0 Å². The van der Waals surface area contributed by atoms with Crippen molar-refractivity contribution < 1.29 is 9.53 Å². The molecule has 3 aliphatic rings. The Hall–Kier alpha value is -0.530. The Balaban J connectivity index is 1.50. The molecule has 0 aromatic heterocycles. The molecule has 23 heavy (non-hydrogen) atoms. The Kier molecular flexibility index (Phi) is 6.04. The van der Waals surface area contributed by atoms with Gasteiger partial charge in [0.05, 0.1) is 0 Å². The number of hydrogen-bond acceptors (Lipinski definition) is 2. The fraction of sp³-hybridized carbons (Fsp3) is 0.952. The molecule has 0 aromatic rings. The molecule has 6 atom stereocenters. The van der Waals surface area contributed by atoms with Gasteiger partial charge in [0.2, 0.25) is 0 Å². The molecule has 0 bridgehead atoms. The van der Waals surface area contributed by atoms with Crippen LogP contribution in [-0.4, -0.2) is 12.1 Å². The lowest BCUT2D eigenvalue weighted by molar-refractivity contribution is -0.151. The molecular weight excluding hydrogens is 284 g/mol. The van der Waals surface area contributed by atoms with Crippen LogP contribution in [0.4, 0.5) is 0 Å². The van der Waals surface area contributed by atoms with E-state index in [1.54, 1.807) is 6.92 Å². The van der Waals surface area contributed by atoms with Gasteiger partial charge in [0.1, 0.15) is 6.10 Å². The van der Waals surface area contributed by atoms with Crippen molar-refractivity contribution in [2.75, 3.05) is 0 Å². The summed E-state index contributed by atoms with van der Waals surface area (Å²) in [5, 5.41) is 0. The van der Waals surface area contributed by atoms with Crippen molar-refractivity contribution in [2.45, 2.75) is 97.0 Å². The normalized spacial score (nSPS) is 40.1. The number of esters is 1. The van der Waals surface area contributed by atoms with Crippen LogP contribution in [-0.2, 0) is 9.53 Å². The maximum Gasteiger partial charge on any atom is 0.302 e. The zero-order valence-corrected chi connectivity index (χ0v) is 15.3. The topological polar surface area (TPSA) is 26.3 Å². The van der Waals surface area contributed by atoms with Crippen molar-refractivity contribution in [3.8, 4) is 0 Å². The summed E-state index contributed by atoms with van der Waals surface area (Å²) >= 11 is 0. The molecule has 0 aliphatic heterocycles. The molecule has 2 heteroatoms. The molecule has 0 radical (unpaired) electrons. The average molecular weight is 321 g/mol. The number of rotatable bonds is 5. The lowest BCUT2D eigenvalue weighted by Gasteiger charge is -2.50. The predicted octanol–water partition coefficient (Wildman–Crippen LogP) is 5.74. The first-order chi connectivity index (χ1) is 11.2. The Morgan fingerprint density at radius 3 is 2.30 bits per heavy atom. The van der Waals surface area contributed by atoms with Crippen molar-refractivity contribution >= 4 is 5.97 Å². The zero-order valence-electron chi connectivity index (χ0n) is 15.3. The molecule has 132 valence electrons. The van der Waals surface area contributed by atoms with Crippen LogP contribution >= 0.6 is 0 Å². The van der Waals surface area contributed by atoms with Gasteiger partial charge >= 0.3 is 5.97 Å². The third kappa shape index (κ3) is 4.31. The minimum atomic E-state index is -0.0882. The number of carbonyl (C=O) groups excluding carboxylic acids is 1. The molecular formula is C21H36O2. The Labute approximate surface area is 142 Å². The fourth-order valence-corrected chi connectivity index (χ4v) is 6.14. The molecule has 3 rings (SSSR count). The molecule has 3 fully saturated rings. The summed E-state index contributed by atoms with van der Waals surface area (Å²) in [6, 6.07) is 0. The highest BCUT2D eigenvalue weighted by molar-refractivity contribution is 5.66. The van der Waals surface area contributed by atoms with E-state index >= 15 is 0 Å². The van der Waals surface area contributed by atoms with E-state index in [1.165, 1.54) is 64.2 Å². The summed E-state index contributed by atoms with van der Waals surface area (Å²) in [5.74, 6) is 4.73. The third-order valence-electron chi connectivity index (χ3n) is 7.15. The first-order valence-electron chi connectivity index (χ1n) is 10.3. The van der Waals surface area contributed by atoms with Crippen LogP contribution in [0.5, 0.6) is 0 Å². The molecule has 0 heterocycles. The minimum Gasteiger partial charge on any atom is -0.463 e. The second-order valence-electron chi connectivity index (χ2n) is 8.64. The first-order valence-corrected chi connectivity index (χ1v) is 10.3. The monoisotopic (exact) mass is 320 g/mol.